The fourth-order valence-electron chi connectivity index (χ4n) is 8.90. The number of benzene rings is 1. The van der Waals surface area contributed by atoms with E-state index in [0.717, 1.165) is 50.0 Å². The van der Waals surface area contributed by atoms with Crippen LogP contribution in [-0.4, -0.2) is 58.4 Å². The molecule has 8 rings (SSSR count). The number of rotatable bonds is 0. The third-order valence-corrected chi connectivity index (χ3v) is 10.7. The second-order valence-corrected chi connectivity index (χ2v) is 12.8. The maximum absolute atomic E-state index is 14.1. The fourth-order valence-corrected chi connectivity index (χ4v) is 8.90. The van der Waals surface area contributed by atoms with Crippen LogP contribution >= 0.6 is 0 Å². The molecular weight excluding hydrogens is 444 g/mol. The monoisotopic (exact) mass is 479 g/mol. The van der Waals surface area contributed by atoms with Gasteiger partial charge in [0.1, 0.15) is 11.1 Å². The average Bonchev–Trinajstić information content (AvgIpc) is 3.12. The first-order chi connectivity index (χ1) is 16.5. The standard InChI is InChI=1S/C28H35N3O4/c1-24(2)11-13-34-21-18(35-24)9-8-17-20(21)29-22(32)28(17)15-27-16-31-12-7-6-10-26(31,23(33)30(27)5)14-19(27)25(28,3)4/h8-9,11,13,19H,6-7,10,12,14-16H2,1-5H3,(H,29,32)/t19-,26-,27+,28-/m0/s1/i5+1,22+1. The summed E-state index contributed by atoms with van der Waals surface area (Å²) in [6, 6.07) is 4.02. The minimum absolute atomic E-state index is 0.0190. The summed E-state index contributed by atoms with van der Waals surface area (Å²) in [5.74, 6) is 1.72. The van der Waals surface area contributed by atoms with Crippen LogP contribution in [-0.2, 0) is 15.0 Å². The van der Waals surface area contributed by atoms with Crippen molar-refractivity contribution < 1.29 is 19.1 Å². The van der Waals surface area contributed by atoms with E-state index in [1.54, 1.807) is 6.26 Å². The molecular formula is C28H35N3O4. The summed E-state index contributed by atoms with van der Waals surface area (Å²) in [5.41, 5.74) is -0.657. The maximum Gasteiger partial charge on any atom is 0.243 e. The van der Waals surface area contributed by atoms with E-state index >= 15 is 0 Å². The normalized spacial score (nSPS) is 39.8. The lowest BCUT2D eigenvalue weighted by Gasteiger charge is -2.67. The Kier molecular flexibility index (Phi) is 3.86. The van der Waals surface area contributed by atoms with Gasteiger partial charge in [0.15, 0.2) is 11.5 Å². The number of carbonyl (C=O) groups is 2. The highest BCUT2D eigenvalue weighted by molar-refractivity contribution is 6.09. The molecule has 2 bridgehead atoms. The lowest BCUT2D eigenvalue weighted by Crippen LogP contribution is -2.80. The summed E-state index contributed by atoms with van der Waals surface area (Å²) in [5, 5.41) is 3.23. The van der Waals surface area contributed by atoms with Crippen LogP contribution in [0.1, 0.15) is 65.4 Å². The van der Waals surface area contributed by atoms with Gasteiger partial charge in [-0.15, -0.1) is 0 Å². The number of carbonyl (C=O) groups excluding carboxylic acids is 2. The molecule has 1 aliphatic carbocycles. The van der Waals surface area contributed by atoms with Gasteiger partial charge in [0, 0.05) is 13.6 Å². The highest BCUT2D eigenvalue weighted by Crippen LogP contribution is 2.72. The van der Waals surface area contributed by atoms with Crippen LogP contribution in [0.3, 0.4) is 0 Å². The van der Waals surface area contributed by atoms with Crippen LogP contribution < -0.4 is 14.8 Å². The minimum atomic E-state index is -0.744. The molecule has 6 aliphatic heterocycles. The first-order valence-corrected chi connectivity index (χ1v) is 13.0. The summed E-state index contributed by atoms with van der Waals surface area (Å²) in [6.45, 7) is 10.3. The highest BCUT2D eigenvalue weighted by Gasteiger charge is 2.79. The third kappa shape index (κ3) is 2.28. The molecule has 7 nitrogen and oxygen atoms in total. The van der Waals surface area contributed by atoms with Gasteiger partial charge in [-0.2, -0.15) is 0 Å². The molecule has 7 aliphatic rings. The van der Waals surface area contributed by atoms with Gasteiger partial charge in [-0.05, 0) is 81.5 Å². The van der Waals surface area contributed by atoms with Crippen LogP contribution in [0.4, 0.5) is 5.69 Å². The van der Waals surface area contributed by atoms with Crippen LogP contribution in [0.15, 0.2) is 24.5 Å². The number of likely N-dealkylation sites (N-methyl/N-ethyl adjacent to an activating group) is 1. The van der Waals surface area contributed by atoms with Crippen molar-refractivity contribution in [3.05, 3.63) is 30.0 Å². The van der Waals surface area contributed by atoms with E-state index < -0.39 is 16.6 Å². The molecule has 6 heterocycles. The first kappa shape index (κ1) is 21.7. The Morgan fingerprint density at radius 1 is 1.11 bits per heavy atom. The number of piperidine rings is 3. The van der Waals surface area contributed by atoms with Gasteiger partial charge in [-0.3, -0.25) is 14.5 Å². The largest absolute Gasteiger partial charge is 0.480 e. The van der Waals surface area contributed by atoms with Gasteiger partial charge in [0.25, 0.3) is 0 Å². The van der Waals surface area contributed by atoms with Crippen molar-refractivity contribution in [3.8, 4) is 11.5 Å². The zero-order valence-corrected chi connectivity index (χ0v) is 21.4. The van der Waals surface area contributed by atoms with Crippen molar-refractivity contribution in [2.45, 2.75) is 81.9 Å². The van der Waals surface area contributed by atoms with E-state index in [1.807, 2.05) is 33.0 Å². The highest BCUT2D eigenvalue weighted by atomic mass is 16.5. The van der Waals surface area contributed by atoms with Crippen molar-refractivity contribution in [1.82, 2.24) is 9.80 Å². The smallest absolute Gasteiger partial charge is 0.243 e. The van der Waals surface area contributed by atoms with Crippen LogP contribution in [0, 0.1) is 11.3 Å². The Morgan fingerprint density at radius 3 is 2.71 bits per heavy atom. The van der Waals surface area contributed by atoms with Crippen LogP contribution in [0.5, 0.6) is 11.5 Å². The maximum atomic E-state index is 14.1. The van der Waals surface area contributed by atoms with Gasteiger partial charge in [0.2, 0.25) is 11.8 Å². The third-order valence-electron chi connectivity index (χ3n) is 10.7. The Hall–Kier alpha value is -2.54. The molecule has 4 saturated heterocycles. The second kappa shape index (κ2) is 6.23. The molecule has 0 aromatic heterocycles. The van der Waals surface area contributed by atoms with Gasteiger partial charge >= 0.3 is 0 Å². The molecule has 1 aromatic rings. The summed E-state index contributed by atoms with van der Waals surface area (Å²) in [4.78, 5) is 32.5. The molecule has 5 fully saturated rings. The van der Waals surface area contributed by atoms with Crippen molar-refractivity contribution in [3.63, 3.8) is 0 Å². The zero-order valence-electron chi connectivity index (χ0n) is 21.4. The summed E-state index contributed by atoms with van der Waals surface area (Å²) >= 11 is 0. The predicted octanol–water partition coefficient (Wildman–Crippen LogP) is 3.83. The number of anilines is 1. The molecule has 0 radical (unpaired) electrons. The van der Waals surface area contributed by atoms with Gasteiger partial charge in [-0.1, -0.05) is 19.9 Å². The quantitative estimate of drug-likeness (QED) is 0.573. The number of hydrogen-bond acceptors (Lipinski definition) is 5. The lowest BCUT2D eigenvalue weighted by molar-refractivity contribution is -0.196. The SMILES string of the molecule is CC1(C)C=COc2c(ccc3c2N[13C](=O)[C@]32C[C@@]34CN5CCCC[C@]5(C[C@H]3C2(C)C)C(=O)N4[13CH3])O1. The summed E-state index contributed by atoms with van der Waals surface area (Å²) in [6.07, 6.45) is 8.18. The zero-order chi connectivity index (χ0) is 24.6. The van der Waals surface area contributed by atoms with Gasteiger partial charge < -0.3 is 19.7 Å². The number of fused-ring (bicyclic) bond motifs is 5. The van der Waals surface area contributed by atoms with Crippen molar-refractivity contribution in [1.29, 1.82) is 0 Å². The number of ether oxygens (including phenoxy) is 2. The van der Waals surface area contributed by atoms with E-state index in [0.29, 0.717) is 17.9 Å². The molecule has 4 atom stereocenters. The van der Waals surface area contributed by atoms with Gasteiger partial charge in [0.05, 0.1) is 22.9 Å². The van der Waals surface area contributed by atoms with Crippen molar-refractivity contribution in [2.24, 2.45) is 11.3 Å². The summed E-state index contributed by atoms with van der Waals surface area (Å²) < 4.78 is 12.3. The molecule has 1 aromatic carbocycles. The predicted molar refractivity (Wildman–Crippen MR) is 131 cm³/mol. The van der Waals surface area contributed by atoms with Gasteiger partial charge in [-0.25, -0.2) is 0 Å². The number of nitrogens with one attached hydrogen (secondary N) is 1. The number of nitrogens with zero attached hydrogens (tertiary/aromatic N) is 2. The summed E-state index contributed by atoms with van der Waals surface area (Å²) in [7, 11) is 1.99. The number of piperazine rings is 1. The average molecular weight is 480 g/mol. The van der Waals surface area contributed by atoms with Crippen molar-refractivity contribution in [2.75, 3.05) is 25.5 Å². The molecule has 3 spiro atoms. The second-order valence-electron chi connectivity index (χ2n) is 12.8. The number of hydrogen-bond donors (Lipinski definition) is 1. The number of amides is 2. The Bertz CT molecular complexity index is 1220. The van der Waals surface area contributed by atoms with E-state index in [9.17, 15) is 9.59 Å². The molecule has 1 N–H and O–H groups in total. The van der Waals surface area contributed by atoms with E-state index in [1.165, 1.54) is 0 Å². The lowest BCUT2D eigenvalue weighted by atomic mass is 9.57. The van der Waals surface area contributed by atoms with Crippen molar-refractivity contribution >= 4 is 17.5 Å². The molecule has 186 valence electrons. The Labute approximate surface area is 206 Å². The molecule has 0 unspecified atom stereocenters. The minimum Gasteiger partial charge on any atom is -0.480 e. The van der Waals surface area contributed by atoms with E-state index in [-0.39, 0.29) is 28.7 Å². The molecule has 7 heteroatoms. The van der Waals surface area contributed by atoms with E-state index in [4.69, 9.17) is 9.47 Å². The van der Waals surface area contributed by atoms with Crippen LogP contribution in [0.2, 0.25) is 0 Å². The molecule has 35 heavy (non-hydrogen) atoms. The fraction of sp³-hybridized carbons (Fsp3) is 0.643. The first-order valence-electron chi connectivity index (χ1n) is 13.0. The Balaban J connectivity index is 1.41. The molecule has 2 amide bonds. The Morgan fingerprint density at radius 2 is 1.91 bits per heavy atom. The topological polar surface area (TPSA) is 71.1 Å². The van der Waals surface area contributed by atoms with E-state index in [2.05, 4.69) is 35.0 Å². The molecule has 1 saturated carbocycles. The van der Waals surface area contributed by atoms with Crippen LogP contribution in [0.25, 0.3) is 0 Å².